The molecule has 214 valence electrons. The minimum absolute atomic E-state index is 0.0739. The molecule has 0 unspecified atom stereocenters. The van der Waals surface area contributed by atoms with Gasteiger partial charge in [0.1, 0.15) is 0 Å². The summed E-state index contributed by atoms with van der Waals surface area (Å²) in [7, 11) is 1.92. The van der Waals surface area contributed by atoms with E-state index in [0.29, 0.717) is 12.2 Å². The highest BCUT2D eigenvalue weighted by atomic mass is 16.5. The normalized spacial score (nSPS) is 15.6. The third-order valence-corrected chi connectivity index (χ3v) is 7.27. The van der Waals surface area contributed by atoms with Crippen molar-refractivity contribution < 1.29 is 9.53 Å². The lowest BCUT2D eigenvalue weighted by molar-refractivity contribution is 0.0383. The highest BCUT2D eigenvalue weighted by molar-refractivity contribution is 5.98. The number of amides is 1. The van der Waals surface area contributed by atoms with E-state index in [4.69, 9.17) is 4.74 Å². The van der Waals surface area contributed by atoms with Gasteiger partial charge >= 0.3 is 0 Å². The largest absolute Gasteiger partial charge is 0.379 e. The van der Waals surface area contributed by atoms with Crippen molar-refractivity contribution in [3.8, 4) is 11.4 Å². The summed E-state index contributed by atoms with van der Waals surface area (Å²) in [6.45, 7) is 25.0. The van der Waals surface area contributed by atoms with E-state index in [-0.39, 0.29) is 22.5 Å². The van der Waals surface area contributed by atoms with E-state index in [1.54, 1.807) is 0 Å². The summed E-state index contributed by atoms with van der Waals surface area (Å²) in [5, 5.41) is 8.88. The van der Waals surface area contributed by atoms with Crippen LogP contribution in [0.4, 0.5) is 5.69 Å². The average Bonchev–Trinajstić information content (AvgIpc) is 3.39. The molecule has 3 heterocycles. The lowest BCUT2D eigenvalue weighted by Gasteiger charge is -2.47. The van der Waals surface area contributed by atoms with E-state index in [2.05, 4.69) is 111 Å². The van der Waals surface area contributed by atoms with Gasteiger partial charge < -0.3 is 19.5 Å². The molecule has 1 aliphatic rings. The number of hydrogen-bond donors (Lipinski definition) is 1. The van der Waals surface area contributed by atoms with Crippen LogP contribution < -0.4 is 10.2 Å². The second-order valence-corrected chi connectivity index (χ2v) is 13.7. The molecule has 0 bridgehead atoms. The molecule has 0 radical (unpaired) electrons. The molecule has 1 fully saturated rings. The number of rotatable bonds is 6. The van der Waals surface area contributed by atoms with Gasteiger partial charge in [-0.3, -0.25) is 14.4 Å². The molecule has 0 atom stereocenters. The number of fused-ring (bicyclic) bond motifs is 1. The number of anilines is 1. The van der Waals surface area contributed by atoms with Gasteiger partial charge in [0, 0.05) is 60.9 Å². The molecule has 1 amide bonds. The Morgan fingerprint density at radius 3 is 2.21 bits per heavy atom. The molecule has 8 nitrogen and oxygen atoms in total. The first-order valence-electron chi connectivity index (χ1n) is 14.2. The highest BCUT2D eigenvalue weighted by Crippen LogP contribution is 2.42. The monoisotopic (exact) mass is 536 g/mol. The first-order valence-corrected chi connectivity index (χ1v) is 14.2. The summed E-state index contributed by atoms with van der Waals surface area (Å²) in [5.41, 5.74) is 4.45. The Bertz CT molecular complexity index is 1300. The maximum absolute atomic E-state index is 13.1. The molecule has 2 aromatic heterocycles. The molecular weight excluding hydrogens is 488 g/mol. The molecule has 39 heavy (non-hydrogen) atoms. The standard InChI is InChI=1S/C31H48N6O2/c1-29(2,3)36-24-12-11-13-25(37(30(4,5)6)31(7,8)9)22(24)20-27(36)26-21-23(33-34(26)10)28(38)32-14-15-35-16-18-39-19-17-35/h11-13,20-21H,14-19H2,1-10H3,(H,32,38). The number of morpholine rings is 1. The Balaban J connectivity index is 1.74. The molecule has 1 N–H and O–H groups in total. The third kappa shape index (κ3) is 6.17. The minimum atomic E-state index is -0.186. The van der Waals surface area contributed by atoms with Crippen LogP contribution >= 0.6 is 0 Å². The number of aromatic nitrogens is 3. The molecule has 8 heteroatoms. The Labute approximate surface area is 234 Å². The van der Waals surface area contributed by atoms with E-state index in [0.717, 1.165) is 44.2 Å². The van der Waals surface area contributed by atoms with Crippen LogP contribution in [0.5, 0.6) is 0 Å². The van der Waals surface area contributed by atoms with E-state index in [9.17, 15) is 4.79 Å². The summed E-state index contributed by atoms with van der Waals surface area (Å²) < 4.78 is 9.63. The van der Waals surface area contributed by atoms with Gasteiger partial charge in [-0.25, -0.2) is 0 Å². The zero-order chi connectivity index (χ0) is 28.8. The van der Waals surface area contributed by atoms with Crippen LogP contribution in [-0.4, -0.2) is 75.6 Å². The Morgan fingerprint density at radius 2 is 1.62 bits per heavy atom. The van der Waals surface area contributed by atoms with Crippen LogP contribution in [0.25, 0.3) is 22.3 Å². The molecule has 0 spiro atoms. The second-order valence-electron chi connectivity index (χ2n) is 13.7. The van der Waals surface area contributed by atoms with Crippen molar-refractivity contribution in [1.29, 1.82) is 0 Å². The fourth-order valence-electron chi connectivity index (χ4n) is 6.11. The quantitative estimate of drug-likeness (QED) is 0.465. The molecule has 1 aromatic carbocycles. The number of hydrogen-bond acceptors (Lipinski definition) is 5. The number of nitrogens with one attached hydrogen (secondary N) is 1. The Kier molecular flexibility index (Phi) is 7.94. The van der Waals surface area contributed by atoms with Crippen molar-refractivity contribution in [2.24, 2.45) is 7.05 Å². The zero-order valence-corrected chi connectivity index (χ0v) is 25.7. The van der Waals surface area contributed by atoms with Gasteiger partial charge in [-0.15, -0.1) is 0 Å². The first-order chi connectivity index (χ1) is 18.1. The predicted molar refractivity (Wildman–Crippen MR) is 161 cm³/mol. The van der Waals surface area contributed by atoms with Crippen molar-refractivity contribution in [3.63, 3.8) is 0 Å². The number of carbonyl (C=O) groups excluding carboxylic acids is 1. The summed E-state index contributed by atoms with van der Waals surface area (Å²) in [4.78, 5) is 17.9. The maximum atomic E-state index is 13.1. The number of ether oxygens (including phenoxy) is 1. The van der Waals surface area contributed by atoms with Crippen molar-refractivity contribution in [3.05, 3.63) is 36.0 Å². The van der Waals surface area contributed by atoms with Crippen molar-refractivity contribution in [1.82, 2.24) is 24.6 Å². The van der Waals surface area contributed by atoms with Crippen LogP contribution in [0.3, 0.4) is 0 Å². The summed E-state index contributed by atoms with van der Waals surface area (Å²) in [5.74, 6) is -0.143. The molecule has 3 aromatic rings. The smallest absolute Gasteiger partial charge is 0.271 e. The van der Waals surface area contributed by atoms with Crippen LogP contribution in [-0.2, 0) is 17.3 Å². The SMILES string of the molecule is Cn1nc(C(=O)NCCN2CCOCC2)cc1-c1cc2c(N(C(C)(C)C)C(C)(C)C)cccc2n1C(C)(C)C. The van der Waals surface area contributed by atoms with E-state index < -0.39 is 0 Å². The molecule has 1 saturated heterocycles. The summed E-state index contributed by atoms with van der Waals surface area (Å²) in [6.07, 6.45) is 0. The lowest BCUT2D eigenvalue weighted by Crippen LogP contribution is -2.53. The van der Waals surface area contributed by atoms with Gasteiger partial charge in [0.15, 0.2) is 5.69 Å². The minimum Gasteiger partial charge on any atom is -0.379 e. The summed E-state index contributed by atoms with van der Waals surface area (Å²) >= 11 is 0. The van der Waals surface area contributed by atoms with Crippen LogP contribution in [0.15, 0.2) is 30.3 Å². The van der Waals surface area contributed by atoms with E-state index in [1.165, 1.54) is 16.6 Å². The first kappa shape index (κ1) is 29.2. The van der Waals surface area contributed by atoms with Crippen molar-refractivity contribution in [2.75, 3.05) is 44.3 Å². The molecule has 4 rings (SSSR count). The van der Waals surface area contributed by atoms with Crippen LogP contribution in [0, 0.1) is 0 Å². The summed E-state index contributed by atoms with van der Waals surface area (Å²) in [6, 6.07) is 10.8. The van der Waals surface area contributed by atoms with Gasteiger partial charge in [0.2, 0.25) is 0 Å². The molecule has 0 aliphatic carbocycles. The van der Waals surface area contributed by atoms with Crippen LogP contribution in [0.1, 0.15) is 72.8 Å². The zero-order valence-electron chi connectivity index (χ0n) is 25.7. The van der Waals surface area contributed by atoms with Crippen molar-refractivity contribution >= 4 is 22.5 Å². The van der Waals surface area contributed by atoms with Crippen molar-refractivity contribution in [2.45, 2.75) is 78.9 Å². The van der Waals surface area contributed by atoms with E-state index in [1.807, 2.05) is 17.8 Å². The number of nitrogens with zero attached hydrogens (tertiary/aromatic N) is 5. The topological polar surface area (TPSA) is 67.6 Å². The van der Waals surface area contributed by atoms with Gasteiger partial charge in [0.05, 0.1) is 30.1 Å². The van der Waals surface area contributed by atoms with Gasteiger partial charge in [-0.2, -0.15) is 5.10 Å². The van der Waals surface area contributed by atoms with Gasteiger partial charge in [0.25, 0.3) is 5.91 Å². The molecule has 1 aliphatic heterocycles. The highest BCUT2D eigenvalue weighted by Gasteiger charge is 2.34. The van der Waals surface area contributed by atoms with E-state index >= 15 is 0 Å². The Morgan fingerprint density at radius 1 is 0.974 bits per heavy atom. The second kappa shape index (κ2) is 10.6. The lowest BCUT2D eigenvalue weighted by atomic mass is 9.94. The number of carbonyl (C=O) groups is 1. The van der Waals surface area contributed by atoms with Gasteiger partial charge in [-0.1, -0.05) is 6.07 Å². The molecular formula is C31H48N6O2. The van der Waals surface area contributed by atoms with Gasteiger partial charge in [-0.05, 0) is 86.6 Å². The third-order valence-electron chi connectivity index (χ3n) is 7.27. The Hall–Kier alpha value is -2.84. The fourth-order valence-corrected chi connectivity index (χ4v) is 6.11. The predicted octanol–water partition coefficient (Wildman–Crippen LogP) is 5.26. The molecule has 0 saturated carbocycles. The fraction of sp³-hybridized carbons (Fsp3) is 0.613. The van der Waals surface area contributed by atoms with Crippen LogP contribution in [0.2, 0.25) is 0 Å². The number of aryl methyl sites for hydroxylation is 1. The maximum Gasteiger partial charge on any atom is 0.271 e. The average molecular weight is 537 g/mol. The number of benzene rings is 1.